The van der Waals surface area contributed by atoms with Crippen molar-refractivity contribution >= 4 is 5.78 Å². The van der Waals surface area contributed by atoms with Gasteiger partial charge in [0.25, 0.3) is 0 Å². The summed E-state index contributed by atoms with van der Waals surface area (Å²) in [6.45, 7) is 14.7. The molecular formula is C29H46O. The first-order valence-corrected chi connectivity index (χ1v) is 13.1. The third-order valence-corrected chi connectivity index (χ3v) is 10.7. The molecule has 0 aliphatic heterocycles. The fraction of sp³-hybridized carbons (Fsp3) is 0.828. The first kappa shape index (κ1) is 22.3. The number of hydrogen-bond acceptors (Lipinski definition) is 1. The van der Waals surface area contributed by atoms with Crippen molar-refractivity contribution < 1.29 is 4.79 Å². The van der Waals surface area contributed by atoms with Gasteiger partial charge in [-0.15, -0.1) is 0 Å². The Hall–Kier alpha value is -0.850. The smallest absolute Gasteiger partial charge is 0.155 e. The van der Waals surface area contributed by atoms with Gasteiger partial charge in [-0.1, -0.05) is 59.3 Å². The zero-order valence-electron chi connectivity index (χ0n) is 20.5. The lowest BCUT2D eigenvalue weighted by molar-refractivity contribution is -0.117. The van der Waals surface area contributed by atoms with Crippen molar-refractivity contribution in [1.82, 2.24) is 0 Å². The van der Waals surface area contributed by atoms with E-state index in [2.05, 4.69) is 59.8 Å². The Morgan fingerprint density at radius 1 is 1.00 bits per heavy atom. The summed E-state index contributed by atoms with van der Waals surface area (Å²) in [5.41, 5.74) is 2.34. The van der Waals surface area contributed by atoms with Crippen molar-refractivity contribution in [2.24, 2.45) is 52.3 Å². The molecule has 1 nitrogen and oxygen atoms in total. The number of ketones is 1. The van der Waals surface area contributed by atoms with Crippen molar-refractivity contribution in [3.05, 3.63) is 23.8 Å². The maximum absolute atomic E-state index is 12.1. The second-order valence-electron chi connectivity index (χ2n) is 12.3. The molecular weight excluding hydrogens is 364 g/mol. The van der Waals surface area contributed by atoms with Crippen molar-refractivity contribution in [3.8, 4) is 0 Å². The van der Waals surface area contributed by atoms with Crippen LogP contribution in [-0.2, 0) is 4.79 Å². The maximum atomic E-state index is 12.1. The summed E-state index contributed by atoms with van der Waals surface area (Å²) in [7, 11) is 0. The largest absolute Gasteiger partial charge is 0.295 e. The Labute approximate surface area is 186 Å². The van der Waals surface area contributed by atoms with Crippen LogP contribution in [0.2, 0.25) is 0 Å². The number of carbonyl (C=O) groups excluding carboxylic acids is 1. The summed E-state index contributed by atoms with van der Waals surface area (Å²) < 4.78 is 0. The summed E-state index contributed by atoms with van der Waals surface area (Å²) in [5, 5.41) is 0. The average Bonchev–Trinajstić information content (AvgIpc) is 3.06. The van der Waals surface area contributed by atoms with Crippen LogP contribution in [-0.4, -0.2) is 5.78 Å². The van der Waals surface area contributed by atoms with Crippen LogP contribution in [0.25, 0.3) is 0 Å². The molecule has 3 saturated carbocycles. The van der Waals surface area contributed by atoms with Crippen LogP contribution in [0.5, 0.6) is 0 Å². The summed E-state index contributed by atoms with van der Waals surface area (Å²) in [6, 6.07) is 0. The highest BCUT2D eigenvalue weighted by molar-refractivity contribution is 5.91. The quantitative estimate of drug-likeness (QED) is 0.419. The van der Waals surface area contributed by atoms with Crippen LogP contribution < -0.4 is 0 Å². The minimum absolute atomic E-state index is 0.313. The van der Waals surface area contributed by atoms with Crippen molar-refractivity contribution in [1.29, 1.82) is 0 Å². The first-order valence-electron chi connectivity index (χ1n) is 13.1. The van der Waals surface area contributed by atoms with Gasteiger partial charge < -0.3 is 0 Å². The first-order chi connectivity index (χ1) is 14.2. The van der Waals surface area contributed by atoms with Gasteiger partial charge in [0.15, 0.2) is 5.78 Å². The topological polar surface area (TPSA) is 17.1 Å². The van der Waals surface area contributed by atoms with E-state index in [0.29, 0.717) is 22.5 Å². The molecule has 8 atom stereocenters. The molecule has 0 radical (unpaired) electrons. The van der Waals surface area contributed by atoms with E-state index in [-0.39, 0.29) is 0 Å². The van der Waals surface area contributed by atoms with Gasteiger partial charge in [0.1, 0.15) is 0 Å². The third-order valence-electron chi connectivity index (χ3n) is 10.7. The van der Waals surface area contributed by atoms with E-state index in [0.717, 1.165) is 48.3 Å². The highest BCUT2D eigenvalue weighted by atomic mass is 16.1. The monoisotopic (exact) mass is 410 g/mol. The predicted molar refractivity (Wildman–Crippen MR) is 127 cm³/mol. The molecule has 3 fully saturated rings. The summed E-state index contributed by atoms with van der Waals surface area (Å²) in [5.74, 6) is 6.01. The van der Waals surface area contributed by atoms with Crippen LogP contribution in [0, 0.1) is 52.3 Å². The highest BCUT2D eigenvalue weighted by Crippen LogP contribution is 2.67. The lowest BCUT2D eigenvalue weighted by Crippen LogP contribution is -2.50. The van der Waals surface area contributed by atoms with Crippen molar-refractivity contribution in [2.45, 2.75) is 99.3 Å². The van der Waals surface area contributed by atoms with Crippen LogP contribution in [0.15, 0.2) is 23.8 Å². The standard InChI is InChI=1S/C29H46O/c1-7-21(19(2)3)9-8-20(4)25-12-13-26-24-11-10-22-18-23(30)14-16-28(22,5)27(24)15-17-29(25,26)6/h8-9,18-21,24-27H,7,10-17H2,1-6H3/t20-,21+,24+,25+,26-,27-,28-,29+/m0/s1. The second kappa shape index (κ2) is 8.25. The minimum Gasteiger partial charge on any atom is -0.295 e. The molecule has 0 aromatic carbocycles. The van der Waals surface area contributed by atoms with Gasteiger partial charge in [0, 0.05) is 6.42 Å². The number of rotatable bonds is 5. The Bertz CT molecular complexity index is 714. The molecule has 0 bridgehead atoms. The molecule has 0 aromatic rings. The molecule has 0 N–H and O–H groups in total. The molecule has 168 valence electrons. The Morgan fingerprint density at radius 2 is 1.77 bits per heavy atom. The van der Waals surface area contributed by atoms with Gasteiger partial charge in [-0.25, -0.2) is 0 Å². The Kier molecular flexibility index (Phi) is 6.15. The van der Waals surface area contributed by atoms with E-state index < -0.39 is 0 Å². The van der Waals surface area contributed by atoms with Crippen molar-refractivity contribution in [2.75, 3.05) is 0 Å². The van der Waals surface area contributed by atoms with Gasteiger partial charge in [-0.2, -0.15) is 0 Å². The van der Waals surface area contributed by atoms with E-state index >= 15 is 0 Å². The normalized spacial score (nSPS) is 43.2. The lowest BCUT2D eigenvalue weighted by Gasteiger charge is -2.58. The highest BCUT2D eigenvalue weighted by Gasteiger charge is 2.59. The molecule has 0 unspecified atom stereocenters. The van der Waals surface area contributed by atoms with Crippen LogP contribution >= 0.6 is 0 Å². The van der Waals surface area contributed by atoms with Crippen LogP contribution in [0.1, 0.15) is 99.3 Å². The zero-order valence-corrected chi connectivity index (χ0v) is 20.5. The van der Waals surface area contributed by atoms with E-state index in [9.17, 15) is 4.79 Å². The lowest BCUT2D eigenvalue weighted by atomic mass is 9.46. The van der Waals surface area contributed by atoms with Crippen LogP contribution in [0.3, 0.4) is 0 Å². The molecule has 4 aliphatic carbocycles. The molecule has 30 heavy (non-hydrogen) atoms. The molecule has 4 aliphatic rings. The molecule has 0 saturated heterocycles. The zero-order chi connectivity index (χ0) is 21.7. The predicted octanol–water partition coefficient (Wildman–Crippen LogP) is 8.01. The molecule has 0 amide bonds. The van der Waals surface area contributed by atoms with Gasteiger partial charge in [-0.3, -0.25) is 4.79 Å². The molecule has 4 rings (SSSR count). The number of allylic oxidation sites excluding steroid dienone is 3. The number of hydrogen-bond donors (Lipinski definition) is 0. The molecule has 0 spiro atoms. The maximum Gasteiger partial charge on any atom is 0.155 e. The molecule has 0 aromatic heterocycles. The average molecular weight is 411 g/mol. The number of carbonyl (C=O) groups is 1. The van der Waals surface area contributed by atoms with E-state index in [1.54, 1.807) is 0 Å². The van der Waals surface area contributed by atoms with Gasteiger partial charge >= 0.3 is 0 Å². The van der Waals surface area contributed by atoms with E-state index in [1.807, 2.05) is 0 Å². The number of fused-ring (bicyclic) bond motifs is 5. The second-order valence-corrected chi connectivity index (χ2v) is 12.3. The Morgan fingerprint density at radius 3 is 2.47 bits per heavy atom. The fourth-order valence-corrected chi connectivity index (χ4v) is 8.75. The summed E-state index contributed by atoms with van der Waals surface area (Å²) in [4.78, 5) is 12.1. The molecule has 1 heteroatoms. The Balaban J connectivity index is 1.52. The SMILES string of the molecule is CC[C@H](C=C[C@H](C)[C@H]1CC[C@H]2[C@H]3CCC4=CC(=O)CC[C@]4(C)[C@H]3CC[C@]12C)C(C)C. The van der Waals surface area contributed by atoms with Gasteiger partial charge in [-0.05, 0) is 110 Å². The van der Waals surface area contributed by atoms with Crippen LogP contribution in [0.4, 0.5) is 0 Å². The van der Waals surface area contributed by atoms with Gasteiger partial charge in [0.05, 0.1) is 0 Å². The fourth-order valence-electron chi connectivity index (χ4n) is 8.75. The summed E-state index contributed by atoms with van der Waals surface area (Å²) in [6.07, 6.45) is 18.5. The van der Waals surface area contributed by atoms with E-state index in [4.69, 9.17) is 0 Å². The molecule has 0 heterocycles. The summed E-state index contributed by atoms with van der Waals surface area (Å²) >= 11 is 0. The third kappa shape index (κ3) is 3.57. The van der Waals surface area contributed by atoms with Gasteiger partial charge in [0.2, 0.25) is 0 Å². The van der Waals surface area contributed by atoms with Crippen molar-refractivity contribution in [3.63, 3.8) is 0 Å². The van der Waals surface area contributed by atoms with E-state index in [1.165, 1.54) is 50.5 Å². The minimum atomic E-state index is 0.313.